The Labute approximate surface area is 183 Å². The lowest BCUT2D eigenvalue weighted by molar-refractivity contribution is -0.113. The van der Waals surface area contributed by atoms with Gasteiger partial charge in [-0.05, 0) is 48.4 Å². The fourth-order valence-corrected chi connectivity index (χ4v) is 3.59. The first-order valence-electron chi connectivity index (χ1n) is 9.61. The zero-order valence-corrected chi connectivity index (χ0v) is 17.7. The van der Waals surface area contributed by atoms with Crippen molar-refractivity contribution < 1.29 is 18.3 Å². The number of halogens is 2. The number of nitrogens with zero attached hydrogens (tertiary/aromatic N) is 3. The van der Waals surface area contributed by atoms with Crippen molar-refractivity contribution in [1.82, 2.24) is 14.8 Å². The van der Waals surface area contributed by atoms with E-state index in [4.69, 9.17) is 0 Å². The smallest absolute Gasteiger partial charge is 0.387 e. The van der Waals surface area contributed by atoms with Crippen LogP contribution in [0.15, 0.2) is 66.3 Å². The van der Waals surface area contributed by atoms with Gasteiger partial charge in [-0.15, -0.1) is 16.8 Å². The zero-order chi connectivity index (χ0) is 22.2. The van der Waals surface area contributed by atoms with Crippen molar-refractivity contribution in [2.75, 3.05) is 11.1 Å². The second-order valence-corrected chi connectivity index (χ2v) is 7.44. The van der Waals surface area contributed by atoms with Crippen LogP contribution in [0.2, 0.25) is 0 Å². The third-order valence-corrected chi connectivity index (χ3v) is 5.31. The second kappa shape index (κ2) is 10.7. The summed E-state index contributed by atoms with van der Waals surface area (Å²) in [6.45, 7) is 3.38. The van der Waals surface area contributed by atoms with E-state index >= 15 is 0 Å². The number of carbonyl (C=O) groups is 1. The van der Waals surface area contributed by atoms with Gasteiger partial charge in [-0.3, -0.25) is 9.36 Å². The molecule has 3 aromatic rings. The van der Waals surface area contributed by atoms with E-state index in [-0.39, 0.29) is 17.4 Å². The Morgan fingerprint density at radius 1 is 1.19 bits per heavy atom. The highest BCUT2D eigenvalue weighted by atomic mass is 32.2. The molecule has 0 aliphatic carbocycles. The number of alkyl halides is 2. The first kappa shape index (κ1) is 22.5. The lowest BCUT2D eigenvalue weighted by atomic mass is 10.1. The van der Waals surface area contributed by atoms with Crippen molar-refractivity contribution in [2.45, 2.75) is 31.7 Å². The van der Waals surface area contributed by atoms with Crippen molar-refractivity contribution in [2.24, 2.45) is 0 Å². The summed E-state index contributed by atoms with van der Waals surface area (Å²) in [5, 5.41) is 11.8. The molecular formula is C22H22F2N4O2S. The number of anilines is 1. The minimum absolute atomic E-state index is 0.0618. The number of benzene rings is 2. The number of allylic oxidation sites excluding steroid dienone is 1. The monoisotopic (exact) mass is 444 g/mol. The fourth-order valence-electron chi connectivity index (χ4n) is 2.84. The van der Waals surface area contributed by atoms with Crippen LogP contribution < -0.4 is 10.1 Å². The van der Waals surface area contributed by atoms with E-state index in [9.17, 15) is 13.6 Å². The van der Waals surface area contributed by atoms with Crippen molar-refractivity contribution in [3.63, 3.8) is 0 Å². The van der Waals surface area contributed by atoms with Crippen molar-refractivity contribution in [3.8, 4) is 17.1 Å². The first-order chi connectivity index (χ1) is 15.0. The average molecular weight is 445 g/mol. The van der Waals surface area contributed by atoms with E-state index in [2.05, 4.69) is 33.8 Å². The van der Waals surface area contributed by atoms with Crippen LogP contribution in [-0.2, 0) is 17.8 Å². The van der Waals surface area contributed by atoms with E-state index in [1.165, 1.54) is 29.5 Å². The molecule has 0 aliphatic heterocycles. The van der Waals surface area contributed by atoms with Crippen LogP contribution in [0.4, 0.5) is 14.5 Å². The van der Waals surface area contributed by atoms with Gasteiger partial charge < -0.3 is 10.1 Å². The summed E-state index contributed by atoms with van der Waals surface area (Å²) in [5.41, 5.74) is 2.62. The van der Waals surface area contributed by atoms with Gasteiger partial charge in [-0.1, -0.05) is 36.9 Å². The van der Waals surface area contributed by atoms with Gasteiger partial charge in [0.15, 0.2) is 11.0 Å². The molecule has 0 atom stereocenters. The molecule has 0 spiro atoms. The number of hydrogen-bond acceptors (Lipinski definition) is 5. The predicted molar refractivity (Wildman–Crippen MR) is 117 cm³/mol. The number of nitrogens with one attached hydrogen (secondary N) is 1. The Hall–Kier alpha value is -3.20. The molecule has 0 bridgehead atoms. The molecule has 31 heavy (non-hydrogen) atoms. The van der Waals surface area contributed by atoms with Crippen molar-refractivity contribution in [1.29, 1.82) is 0 Å². The molecule has 162 valence electrons. The van der Waals surface area contributed by atoms with E-state index in [0.29, 0.717) is 23.1 Å². The van der Waals surface area contributed by atoms with Gasteiger partial charge in [0, 0.05) is 17.8 Å². The highest BCUT2D eigenvalue weighted by Crippen LogP contribution is 2.26. The average Bonchev–Trinajstić information content (AvgIpc) is 3.16. The summed E-state index contributed by atoms with van der Waals surface area (Å²) in [4.78, 5) is 12.3. The second-order valence-electron chi connectivity index (χ2n) is 6.50. The Kier molecular flexibility index (Phi) is 7.77. The number of aryl methyl sites for hydroxylation is 1. The molecule has 3 rings (SSSR count). The van der Waals surface area contributed by atoms with Gasteiger partial charge in [-0.25, -0.2) is 0 Å². The molecule has 1 amide bonds. The Bertz CT molecular complexity index is 1020. The maximum absolute atomic E-state index is 12.3. The topological polar surface area (TPSA) is 69.0 Å². The van der Waals surface area contributed by atoms with Crippen LogP contribution in [0, 0.1) is 0 Å². The predicted octanol–water partition coefficient (Wildman–Crippen LogP) is 5.03. The molecule has 0 fully saturated rings. The third-order valence-electron chi connectivity index (χ3n) is 4.34. The largest absolute Gasteiger partial charge is 0.435 e. The Morgan fingerprint density at radius 2 is 1.90 bits per heavy atom. The van der Waals surface area contributed by atoms with Gasteiger partial charge in [-0.2, -0.15) is 8.78 Å². The number of aromatic nitrogens is 3. The summed E-state index contributed by atoms with van der Waals surface area (Å²) in [6, 6.07) is 13.9. The normalized spacial score (nSPS) is 10.8. The Morgan fingerprint density at radius 3 is 2.52 bits per heavy atom. The number of carbonyl (C=O) groups excluding carboxylic acids is 1. The number of rotatable bonds is 10. The highest BCUT2D eigenvalue weighted by Gasteiger charge is 2.15. The van der Waals surface area contributed by atoms with Crippen LogP contribution in [0.25, 0.3) is 11.4 Å². The fraction of sp³-hybridized carbons (Fsp3) is 0.227. The summed E-state index contributed by atoms with van der Waals surface area (Å²) in [5.74, 6) is 0.609. The van der Waals surface area contributed by atoms with E-state index in [1.54, 1.807) is 18.2 Å². The lowest BCUT2D eigenvalue weighted by Crippen LogP contribution is -2.14. The molecule has 0 unspecified atom stereocenters. The van der Waals surface area contributed by atoms with Gasteiger partial charge in [0.1, 0.15) is 5.75 Å². The minimum Gasteiger partial charge on any atom is -0.435 e. The minimum atomic E-state index is -2.88. The number of amides is 1. The lowest BCUT2D eigenvalue weighted by Gasteiger charge is -2.09. The van der Waals surface area contributed by atoms with Crippen molar-refractivity contribution >= 4 is 23.4 Å². The van der Waals surface area contributed by atoms with Gasteiger partial charge in [0.05, 0.1) is 5.75 Å². The molecule has 9 heteroatoms. The van der Waals surface area contributed by atoms with Crippen LogP contribution >= 0.6 is 11.8 Å². The summed E-state index contributed by atoms with van der Waals surface area (Å²) in [6.07, 6.45) is 2.63. The third kappa shape index (κ3) is 6.14. The van der Waals surface area contributed by atoms with Crippen LogP contribution in [0.3, 0.4) is 0 Å². The van der Waals surface area contributed by atoms with E-state index in [0.717, 1.165) is 12.1 Å². The maximum atomic E-state index is 12.3. The molecular weight excluding hydrogens is 422 g/mol. The molecule has 0 radical (unpaired) electrons. The zero-order valence-electron chi connectivity index (χ0n) is 16.9. The molecule has 2 aromatic carbocycles. The maximum Gasteiger partial charge on any atom is 0.387 e. The van der Waals surface area contributed by atoms with Gasteiger partial charge in [0.25, 0.3) is 0 Å². The standard InChI is InChI=1S/C22H22F2N4O2S/c1-3-13-28-20(16-7-11-18(12-8-16)30-21(23)24)26-27-22(28)31-14-19(29)25-17-9-5-15(4-2)6-10-17/h3,5-12,21H,1,4,13-14H2,2H3,(H,25,29). The van der Waals surface area contributed by atoms with E-state index < -0.39 is 6.61 Å². The van der Waals surface area contributed by atoms with Crippen molar-refractivity contribution in [3.05, 3.63) is 66.7 Å². The number of thioether (sulfide) groups is 1. The molecule has 0 saturated heterocycles. The quantitative estimate of drug-likeness (QED) is 0.351. The highest BCUT2D eigenvalue weighted by molar-refractivity contribution is 7.99. The molecule has 1 aromatic heterocycles. The van der Waals surface area contributed by atoms with Gasteiger partial charge in [0.2, 0.25) is 5.91 Å². The number of ether oxygens (including phenoxy) is 1. The molecule has 6 nitrogen and oxygen atoms in total. The van der Waals surface area contributed by atoms with Crippen LogP contribution in [0.1, 0.15) is 12.5 Å². The molecule has 1 N–H and O–H groups in total. The SMILES string of the molecule is C=CCn1c(SCC(=O)Nc2ccc(CC)cc2)nnc1-c1ccc(OC(F)F)cc1. The number of hydrogen-bond donors (Lipinski definition) is 1. The first-order valence-corrected chi connectivity index (χ1v) is 10.6. The van der Waals surface area contributed by atoms with Crippen LogP contribution in [-0.4, -0.2) is 33.0 Å². The van der Waals surface area contributed by atoms with E-state index in [1.807, 2.05) is 28.8 Å². The summed E-state index contributed by atoms with van der Waals surface area (Å²) in [7, 11) is 0. The molecule has 0 aliphatic rings. The van der Waals surface area contributed by atoms with Crippen LogP contribution in [0.5, 0.6) is 5.75 Å². The molecule has 0 saturated carbocycles. The summed E-state index contributed by atoms with van der Waals surface area (Å²) < 4.78 is 30.9. The summed E-state index contributed by atoms with van der Waals surface area (Å²) >= 11 is 1.25. The Balaban J connectivity index is 1.68. The molecule has 1 heterocycles. The van der Waals surface area contributed by atoms with Gasteiger partial charge >= 0.3 is 6.61 Å².